The van der Waals surface area contributed by atoms with Crippen molar-refractivity contribution in [1.82, 2.24) is 9.21 Å². The van der Waals surface area contributed by atoms with Gasteiger partial charge in [-0.15, -0.1) is 0 Å². The molecule has 3 aromatic rings. The maximum atomic E-state index is 13.7. The minimum Gasteiger partial charge on any atom is -0.488 e. The van der Waals surface area contributed by atoms with Crippen LogP contribution >= 0.6 is 0 Å². The molecule has 4 rings (SSSR count). The van der Waals surface area contributed by atoms with Crippen molar-refractivity contribution >= 4 is 27.5 Å². The number of carbonyl (C=O) groups excluding carboxylic acids is 2. The highest BCUT2D eigenvalue weighted by Gasteiger charge is 2.35. The molecule has 0 bridgehead atoms. The van der Waals surface area contributed by atoms with Gasteiger partial charge < -0.3 is 20.1 Å². The lowest BCUT2D eigenvalue weighted by Gasteiger charge is -2.38. The first-order valence-corrected chi connectivity index (χ1v) is 14.7. The molecule has 0 aliphatic carbocycles. The number of hydrogen-bond acceptors (Lipinski definition) is 6. The fourth-order valence-electron chi connectivity index (χ4n) is 4.64. The number of aliphatic hydroxyl groups is 1. The number of rotatable bonds is 9. The van der Waals surface area contributed by atoms with Crippen molar-refractivity contribution in [3.63, 3.8) is 0 Å². The quantitative estimate of drug-likeness (QED) is 0.398. The Labute approximate surface area is 239 Å². The number of amides is 2. The minimum absolute atomic E-state index is 0.0502. The topological polar surface area (TPSA) is 116 Å². The number of benzene rings is 3. The van der Waals surface area contributed by atoms with Crippen molar-refractivity contribution < 1.29 is 32.2 Å². The molecule has 1 aliphatic rings. The van der Waals surface area contributed by atoms with Crippen LogP contribution in [0.3, 0.4) is 0 Å². The highest BCUT2D eigenvalue weighted by atomic mass is 32.2. The van der Waals surface area contributed by atoms with E-state index in [2.05, 4.69) is 5.32 Å². The fourth-order valence-corrected chi connectivity index (χ4v) is 5.83. The molecule has 1 aliphatic heterocycles. The summed E-state index contributed by atoms with van der Waals surface area (Å²) in [5, 5.41) is 12.7. The molecule has 0 spiro atoms. The molecular weight excluding hydrogens is 549 g/mol. The van der Waals surface area contributed by atoms with Crippen LogP contribution in [0.4, 0.5) is 10.1 Å². The van der Waals surface area contributed by atoms with E-state index in [-0.39, 0.29) is 60.1 Å². The van der Waals surface area contributed by atoms with Gasteiger partial charge >= 0.3 is 0 Å². The third-order valence-corrected chi connectivity index (χ3v) is 8.95. The molecule has 9 nitrogen and oxygen atoms in total. The van der Waals surface area contributed by atoms with E-state index in [9.17, 15) is 27.5 Å². The summed E-state index contributed by atoms with van der Waals surface area (Å²) >= 11 is 0. The molecule has 2 N–H and O–H groups in total. The summed E-state index contributed by atoms with van der Waals surface area (Å²) in [6, 6.07) is 18.0. The van der Waals surface area contributed by atoms with E-state index >= 15 is 0 Å². The number of fused-ring (bicyclic) bond motifs is 1. The number of nitrogens with one attached hydrogen (secondary N) is 1. The monoisotopic (exact) mass is 583 g/mol. The summed E-state index contributed by atoms with van der Waals surface area (Å²) in [6.45, 7) is 3.44. The second kappa shape index (κ2) is 12.8. The minimum atomic E-state index is -3.95. The van der Waals surface area contributed by atoms with E-state index in [0.717, 1.165) is 22.0 Å². The maximum absolute atomic E-state index is 13.7. The van der Waals surface area contributed by atoms with Gasteiger partial charge in [0, 0.05) is 25.2 Å². The average Bonchev–Trinajstić information content (AvgIpc) is 2.95. The predicted molar refractivity (Wildman–Crippen MR) is 153 cm³/mol. The lowest BCUT2D eigenvalue weighted by Crippen LogP contribution is -2.50. The molecule has 0 radical (unpaired) electrons. The number of halogens is 1. The van der Waals surface area contributed by atoms with E-state index < -0.39 is 28.0 Å². The van der Waals surface area contributed by atoms with Crippen LogP contribution < -0.4 is 10.1 Å². The zero-order valence-electron chi connectivity index (χ0n) is 23.2. The Hall–Kier alpha value is -3.80. The zero-order valence-corrected chi connectivity index (χ0v) is 24.0. The van der Waals surface area contributed by atoms with Crippen LogP contribution in [0.25, 0.3) is 0 Å². The van der Waals surface area contributed by atoms with Gasteiger partial charge in [0.2, 0.25) is 15.9 Å². The largest absolute Gasteiger partial charge is 0.488 e. The van der Waals surface area contributed by atoms with E-state index in [1.54, 1.807) is 19.1 Å². The van der Waals surface area contributed by atoms with Crippen LogP contribution in [0.5, 0.6) is 5.75 Å². The van der Waals surface area contributed by atoms with Gasteiger partial charge in [0.1, 0.15) is 17.7 Å². The maximum Gasteiger partial charge on any atom is 0.258 e. The van der Waals surface area contributed by atoms with Gasteiger partial charge in [-0.05, 0) is 55.0 Å². The average molecular weight is 584 g/mol. The van der Waals surface area contributed by atoms with Crippen LogP contribution in [0.15, 0.2) is 77.7 Å². The number of anilines is 1. The Kier molecular flexibility index (Phi) is 9.42. The standard InChI is InChI=1S/C30H34FN3O6S/c1-20-17-34(21(2)19-35)30(37)26-16-24(32-29(36)15-22-7-5-4-6-8-22)11-14-27(26)40-28(20)18-33(3)41(38,39)25-12-9-23(31)10-13-25/h4-14,16,20-21,28,35H,15,17-19H2,1-3H3,(H,32,36)/t20-,21+,28-/m0/s1. The van der Waals surface area contributed by atoms with Crippen LogP contribution in [0, 0.1) is 11.7 Å². The predicted octanol–water partition coefficient (Wildman–Crippen LogP) is 3.55. The molecule has 0 aromatic heterocycles. The first-order valence-electron chi connectivity index (χ1n) is 13.3. The summed E-state index contributed by atoms with van der Waals surface area (Å²) in [7, 11) is -2.53. The number of aliphatic hydroxyl groups excluding tert-OH is 1. The SMILES string of the molecule is C[C@H](CO)N1C[C@H](C)[C@H](CN(C)S(=O)(=O)c2ccc(F)cc2)Oc2ccc(NC(=O)Cc3ccccc3)cc2C1=O. The number of likely N-dealkylation sites (N-methyl/N-ethyl adjacent to an activating group) is 1. The molecule has 0 unspecified atom stereocenters. The molecule has 2 amide bonds. The van der Waals surface area contributed by atoms with Gasteiger partial charge in [0.25, 0.3) is 5.91 Å². The van der Waals surface area contributed by atoms with E-state index in [1.807, 2.05) is 37.3 Å². The van der Waals surface area contributed by atoms with Gasteiger partial charge in [-0.3, -0.25) is 9.59 Å². The number of hydrogen-bond donors (Lipinski definition) is 2. The van der Waals surface area contributed by atoms with Crippen molar-refractivity contribution in [2.24, 2.45) is 5.92 Å². The van der Waals surface area contributed by atoms with Crippen molar-refractivity contribution in [3.8, 4) is 5.75 Å². The van der Waals surface area contributed by atoms with E-state index in [1.165, 1.54) is 30.1 Å². The van der Waals surface area contributed by atoms with Crippen molar-refractivity contribution in [2.45, 2.75) is 37.3 Å². The highest BCUT2D eigenvalue weighted by molar-refractivity contribution is 7.89. The van der Waals surface area contributed by atoms with Crippen molar-refractivity contribution in [2.75, 3.05) is 32.1 Å². The lowest BCUT2D eigenvalue weighted by atomic mass is 9.99. The molecule has 11 heteroatoms. The molecule has 41 heavy (non-hydrogen) atoms. The molecule has 0 fully saturated rings. The normalized spacial score (nSPS) is 18.2. The van der Waals surface area contributed by atoms with Crippen LogP contribution in [0.1, 0.15) is 29.8 Å². The van der Waals surface area contributed by atoms with Gasteiger partial charge in [0.15, 0.2) is 0 Å². The number of sulfonamides is 1. The zero-order chi connectivity index (χ0) is 29.7. The Bertz CT molecular complexity index is 1480. The summed E-state index contributed by atoms with van der Waals surface area (Å²) in [5.74, 6) is -1.26. The lowest BCUT2D eigenvalue weighted by molar-refractivity contribution is -0.115. The van der Waals surface area contributed by atoms with Gasteiger partial charge in [-0.1, -0.05) is 37.3 Å². The third kappa shape index (κ3) is 7.10. The second-order valence-electron chi connectivity index (χ2n) is 10.3. The number of nitrogens with zero attached hydrogens (tertiary/aromatic N) is 2. The highest BCUT2D eigenvalue weighted by Crippen LogP contribution is 2.31. The summed E-state index contributed by atoms with van der Waals surface area (Å²) in [4.78, 5) is 27.8. The van der Waals surface area contributed by atoms with E-state index in [0.29, 0.717) is 5.69 Å². The molecule has 3 aromatic carbocycles. The number of ether oxygens (including phenoxy) is 1. The van der Waals surface area contributed by atoms with Crippen molar-refractivity contribution in [1.29, 1.82) is 0 Å². The van der Waals surface area contributed by atoms with Crippen LogP contribution in [0.2, 0.25) is 0 Å². The molecule has 0 saturated carbocycles. The van der Waals surface area contributed by atoms with Gasteiger partial charge in [-0.25, -0.2) is 12.8 Å². The molecule has 1 heterocycles. The molecule has 0 saturated heterocycles. The van der Waals surface area contributed by atoms with E-state index in [4.69, 9.17) is 4.74 Å². The van der Waals surface area contributed by atoms with Gasteiger partial charge in [0.05, 0.1) is 36.1 Å². The first kappa shape index (κ1) is 30.2. The molecule has 3 atom stereocenters. The second-order valence-corrected chi connectivity index (χ2v) is 12.3. The summed E-state index contributed by atoms with van der Waals surface area (Å²) in [5.41, 5.74) is 1.43. The summed E-state index contributed by atoms with van der Waals surface area (Å²) in [6.07, 6.45) is -0.515. The Morgan fingerprint density at radius 2 is 1.83 bits per heavy atom. The Morgan fingerprint density at radius 3 is 2.49 bits per heavy atom. The van der Waals surface area contributed by atoms with Crippen molar-refractivity contribution in [3.05, 3.63) is 89.7 Å². The number of carbonyl (C=O) groups is 2. The molecular formula is C30H34FN3O6S. The fraction of sp³-hybridized carbons (Fsp3) is 0.333. The third-order valence-electron chi connectivity index (χ3n) is 7.11. The Balaban J connectivity index is 1.61. The smallest absolute Gasteiger partial charge is 0.258 e. The van der Waals surface area contributed by atoms with Gasteiger partial charge in [-0.2, -0.15) is 4.31 Å². The molecule has 218 valence electrons. The van der Waals surface area contributed by atoms with Crippen LogP contribution in [-0.2, 0) is 21.2 Å². The van der Waals surface area contributed by atoms with Crippen LogP contribution in [-0.4, -0.2) is 73.4 Å². The Morgan fingerprint density at radius 1 is 1.15 bits per heavy atom. The summed E-state index contributed by atoms with van der Waals surface area (Å²) < 4.78 is 47.2. The first-order chi connectivity index (χ1) is 19.5.